The van der Waals surface area contributed by atoms with E-state index in [2.05, 4.69) is 45.9 Å². The van der Waals surface area contributed by atoms with E-state index in [1.807, 2.05) is 0 Å². The Bertz CT molecular complexity index is 229. The summed E-state index contributed by atoms with van der Waals surface area (Å²) >= 11 is 4.30. The summed E-state index contributed by atoms with van der Waals surface area (Å²) in [4.78, 5) is 0. The number of nitrogens with one attached hydrogen (secondary N) is 1. The van der Waals surface area contributed by atoms with Crippen molar-refractivity contribution in [3.05, 3.63) is 0 Å². The van der Waals surface area contributed by atoms with Crippen molar-refractivity contribution in [2.75, 3.05) is 39.5 Å². The molecule has 0 radical (unpaired) electrons. The molecule has 0 aromatic carbocycles. The third kappa shape index (κ3) is 14.3. The van der Waals surface area contributed by atoms with Crippen molar-refractivity contribution in [2.45, 2.75) is 77.7 Å². The van der Waals surface area contributed by atoms with Gasteiger partial charge in [-0.15, -0.1) is 0 Å². The van der Waals surface area contributed by atoms with E-state index in [-0.39, 0.29) is 17.0 Å². The van der Waals surface area contributed by atoms with Crippen molar-refractivity contribution < 1.29 is 21.5 Å². The van der Waals surface area contributed by atoms with Gasteiger partial charge in [-0.1, -0.05) is 19.3 Å². The Balaban J connectivity index is 0. The fraction of sp³-hybridized carbons (Fsp3) is 1.00. The molecule has 0 saturated carbocycles. The second-order valence-electron chi connectivity index (χ2n) is 6.91. The van der Waals surface area contributed by atoms with Crippen LogP contribution >= 0.6 is 12.6 Å². The van der Waals surface area contributed by atoms with Crippen molar-refractivity contribution in [3.63, 3.8) is 0 Å². The minimum Gasteiger partial charge on any atom is -1.00 e. The van der Waals surface area contributed by atoms with E-state index in [1.165, 1.54) is 81.9 Å². The number of nitrogens with zero attached hydrogens (tertiary/aromatic N) is 1. The molecule has 0 spiro atoms. The molecule has 0 aliphatic rings. The molecule has 0 rings (SSSR count). The maximum absolute atomic E-state index is 4.30. The van der Waals surface area contributed by atoms with Gasteiger partial charge in [-0.25, -0.2) is 0 Å². The molecule has 2 nitrogen and oxygen atoms in total. The summed E-state index contributed by atoms with van der Waals surface area (Å²) in [5, 5.41) is 3.32. The Morgan fingerprint density at radius 3 is 1.91 bits per heavy atom. The quantitative estimate of drug-likeness (QED) is 0.243. The largest absolute Gasteiger partial charge is 1.00 e. The van der Waals surface area contributed by atoms with Crippen LogP contribution in [0.3, 0.4) is 0 Å². The molecule has 0 aromatic heterocycles. The SMILES string of the molecule is CC[N+](C)(CCCCCS)CCCCCCCC(C)NC.[Br-]. The Hall–Kier alpha value is 0.750. The molecule has 0 saturated heterocycles. The Kier molecular flexibility index (Phi) is 18.9. The van der Waals surface area contributed by atoms with Crippen LogP contribution in [0.4, 0.5) is 0 Å². The third-order valence-electron chi connectivity index (χ3n) is 4.95. The highest BCUT2D eigenvalue weighted by molar-refractivity contribution is 7.80. The van der Waals surface area contributed by atoms with Gasteiger partial charge in [0.2, 0.25) is 0 Å². The van der Waals surface area contributed by atoms with Gasteiger partial charge in [0, 0.05) is 6.04 Å². The van der Waals surface area contributed by atoms with Gasteiger partial charge in [-0.2, -0.15) is 12.6 Å². The number of thiol groups is 1. The molecule has 0 fully saturated rings. The normalized spacial score (nSPS) is 15.1. The average molecular weight is 398 g/mol. The van der Waals surface area contributed by atoms with Crippen molar-refractivity contribution in [1.29, 1.82) is 0 Å². The van der Waals surface area contributed by atoms with Crippen LogP contribution in [-0.4, -0.2) is 50.0 Å². The average Bonchev–Trinajstić information content (AvgIpc) is 2.50. The highest BCUT2D eigenvalue weighted by Crippen LogP contribution is 2.12. The van der Waals surface area contributed by atoms with Gasteiger partial charge in [-0.3, -0.25) is 0 Å². The van der Waals surface area contributed by atoms with Crippen LogP contribution < -0.4 is 22.3 Å². The van der Waals surface area contributed by atoms with E-state index in [1.54, 1.807) is 0 Å². The molecule has 0 aliphatic carbocycles. The van der Waals surface area contributed by atoms with Crippen molar-refractivity contribution in [3.8, 4) is 0 Å². The molecule has 0 aromatic rings. The van der Waals surface area contributed by atoms with E-state index in [4.69, 9.17) is 0 Å². The predicted molar refractivity (Wildman–Crippen MR) is 100 cm³/mol. The number of hydrogen-bond donors (Lipinski definition) is 2. The van der Waals surface area contributed by atoms with Gasteiger partial charge in [0.1, 0.15) is 0 Å². The van der Waals surface area contributed by atoms with E-state index in [0.717, 1.165) is 5.75 Å². The van der Waals surface area contributed by atoms with Crippen LogP contribution in [0.1, 0.15) is 71.6 Å². The first-order valence-electron chi connectivity index (χ1n) is 9.19. The van der Waals surface area contributed by atoms with E-state index >= 15 is 0 Å². The first-order valence-corrected chi connectivity index (χ1v) is 9.83. The van der Waals surface area contributed by atoms with Gasteiger partial charge in [0.15, 0.2) is 0 Å². The molecule has 0 heterocycles. The lowest BCUT2D eigenvalue weighted by atomic mass is 10.1. The standard InChI is InChI=1S/C18H40N2S.BrH/c1-5-20(4,16-12-9-13-17-21)15-11-8-6-7-10-14-18(2)19-3;/h18-19H,5-17H2,1-4H3;1H. The second kappa shape index (κ2) is 16.6. The molecular formula is C18H41BrN2S. The van der Waals surface area contributed by atoms with Gasteiger partial charge in [0.05, 0.1) is 26.7 Å². The monoisotopic (exact) mass is 396 g/mol. The summed E-state index contributed by atoms with van der Waals surface area (Å²) in [6.07, 6.45) is 12.3. The minimum absolute atomic E-state index is 0. The van der Waals surface area contributed by atoms with Crippen molar-refractivity contribution in [1.82, 2.24) is 5.32 Å². The molecule has 136 valence electrons. The lowest BCUT2D eigenvalue weighted by Crippen LogP contribution is -3.00. The number of halogens is 1. The molecule has 0 aliphatic heterocycles. The Labute approximate surface area is 156 Å². The zero-order valence-electron chi connectivity index (χ0n) is 15.5. The third-order valence-corrected chi connectivity index (χ3v) is 5.26. The predicted octanol–water partition coefficient (Wildman–Crippen LogP) is 1.51. The van der Waals surface area contributed by atoms with E-state index in [9.17, 15) is 0 Å². The Morgan fingerprint density at radius 1 is 0.909 bits per heavy atom. The van der Waals surface area contributed by atoms with Gasteiger partial charge >= 0.3 is 0 Å². The smallest absolute Gasteiger partial charge is 0.0784 e. The highest BCUT2D eigenvalue weighted by atomic mass is 79.9. The molecule has 0 bridgehead atoms. The first kappa shape index (κ1) is 25.0. The molecule has 0 amide bonds. The summed E-state index contributed by atoms with van der Waals surface area (Å²) in [6.45, 7) is 8.62. The molecule has 4 heteroatoms. The van der Waals surface area contributed by atoms with Crippen molar-refractivity contribution >= 4 is 12.6 Å². The van der Waals surface area contributed by atoms with Gasteiger partial charge in [-0.05, 0) is 65.2 Å². The fourth-order valence-corrected chi connectivity index (χ4v) is 3.05. The summed E-state index contributed by atoms with van der Waals surface area (Å²) in [7, 11) is 4.50. The van der Waals surface area contributed by atoms with Crippen LogP contribution in [0.2, 0.25) is 0 Å². The Morgan fingerprint density at radius 2 is 1.41 bits per heavy atom. The molecule has 2 atom stereocenters. The summed E-state index contributed by atoms with van der Waals surface area (Å²) in [5.74, 6) is 1.04. The van der Waals surface area contributed by atoms with E-state index < -0.39 is 0 Å². The molecular weight excluding hydrogens is 356 g/mol. The van der Waals surface area contributed by atoms with Gasteiger partial charge in [0.25, 0.3) is 0 Å². The lowest BCUT2D eigenvalue weighted by molar-refractivity contribution is -0.908. The number of rotatable bonds is 15. The van der Waals surface area contributed by atoms with Crippen LogP contribution in [-0.2, 0) is 0 Å². The van der Waals surface area contributed by atoms with Crippen molar-refractivity contribution in [2.24, 2.45) is 0 Å². The van der Waals surface area contributed by atoms with Crippen LogP contribution in [0.15, 0.2) is 0 Å². The number of quaternary nitrogens is 1. The van der Waals surface area contributed by atoms with Crippen LogP contribution in [0.5, 0.6) is 0 Å². The molecule has 22 heavy (non-hydrogen) atoms. The van der Waals surface area contributed by atoms with E-state index in [0.29, 0.717) is 6.04 Å². The minimum atomic E-state index is 0. The highest BCUT2D eigenvalue weighted by Gasteiger charge is 2.17. The summed E-state index contributed by atoms with van der Waals surface area (Å²) in [5.41, 5.74) is 0. The maximum atomic E-state index is 4.30. The fourth-order valence-electron chi connectivity index (χ4n) is 2.83. The summed E-state index contributed by atoms with van der Waals surface area (Å²) < 4.78 is 1.27. The van der Waals surface area contributed by atoms with Crippen LogP contribution in [0.25, 0.3) is 0 Å². The zero-order chi connectivity index (χ0) is 16.0. The van der Waals surface area contributed by atoms with Gasteiger partial charge < -0.3 is 26.8 Å². The number of hydrogen-bond acceptors (Lipinski definition) is 2. The maximum Gasteiger partial charge on any atom is 0.0784 e. The lowest BCUT2D eigenvalue weighted by Gasteiger charge is -2.33. The zero-order valence-corrected chi connectivity index (χ0v) is 18.0. The molecule has 1 N–H and O–H groups in total. The topological polar surface area (TPSA) is 12.0 Å². The van der Waals surface area contributed by atoms with Crippen LogP contribution in [0, 0.1) is 0 Å². The summed E-state index contributed by atoms with van der Waals surface area (Å²) in [6, 6.07) is 0.683. The second-order valence-corrected chi connectivity index (χ2v) is 7.36. The first-order chi connectivity index (χ1) is 10.1. The number of unbranched alkanes of at least 4 members (excludes halogenated alkanes) is 6. The molecule has 2 unspecified atom stereocenters.